The van der Waals surface area contributed by atoms with E-state index in [0.29, 0.717) is 18.5 Å². The summed E-state index contributed by atoms with van der Waals surface area (Å²) in [6, 6.07) is 0.319. The summed E-state index contributed by atoms with van der Waals surface area (Å²) in [6.45, 7) is 4.41. The lowest BCUT2D eigenvalue weighted by atomic mass is 9.99. The molecule has 1 amide bonds. The van der Waals surface area contributed by atoms with Gasteiger partial charge in [0.25, 0.3) is 0 Å². The molecule has 0 radical (unpaired) electrons. The van der Waals surface area contributed by atoms with E-state index in [1.807, 2.05) is 6.92 Å². The van der Waals surface area contributed by atoms with Gasteiger partial charge in [0.05, 0.1) is 0 Å². The minimum atomic E-state index is -0.0566. The Morgan fingerprint density at radius 2 is 2.00 bits per heavy atom. The molecule has 1 rings (SSSR count). The highest BCUT2D eigenvalue weighted by molar-refractivity contribution is 5.78. The molecule has 2 unspecified atom stereocenters. The average molecular weight is 198 g/mol. The first kappa shape index (κ1) is 11.5. The van der Waals surface area contributed by atoms with Gasteiger partial charge in [0.1, 0.15) is 0 Å². The largest absolute Gasteiger partial charge is 0.353 e. The highest BCUT2D eigenvalue weighted by Crippen LogP contribution is 2.27. The van der Waals surface area contributed by atoms with Gasteiger partial charge in [0.15, 0.2) is 0 Å². The zero-order chi connectivity index (χ0) is 10.6. The van der Waals surface area contributed by atoms with E-state index >= 15 is 0 Å². The van der Waals surface area contributed by atoms with E-state index in [4.69, 9.17) is 5.73 Å². The zero-order valence-electron chi connectivity index (χ0n) is 9.25. The van der Waals surface area contributed by atoms with Crippen LogP contribution in [0.5, 0.6) is 0 Å². The summed E-state index contributed by atoms with van der Waals surface area (Å²) >= 11 is 0. The van der Waals surface area contributed by atoms with Gasteiger partial charge in [-0.25, -0.2) is 0 Å². The molecule has 0 heterocycles. The predicted octanol–water partition coefficient (Wildman–Crippen LogP) is 1.28. The number of carbonyl (C=O) groups excluding carboxylic acids is 1. The second kappa shape index (κ2) is 5.35. The molecule has 1 fully saturated rings. The van der Waals surface area contributed by atoms with Crippen molar-refractivity contribution >= 4 is 5.91 Å². The number of nitrogens with two attached hydrogens (primary N) is 1. The minimum absolute atomic E-state index is 0.0566. The van der Waals surface area contributed by atoms with Crippen LogP contribution in [0.15, 0.2) is 0 Å². The molecule has 0 aromatic rings. The molecule has 3 nitrogen and oxygen atoms in total. The Bertz CT molecular complexity index is 188. The number of hydrogen-bond donors (Lipinski definition) is 2. The van der Waals surface area contributed by atoms with Crippen LogP contribution in [0.2, 0.25) is 0 Å². The van der Waals surface area contributed by atoms with Crippen LogP contribution in [0.3, 0.4) is 0 Å². The lowest BCUT2D eigenvalue weighted by molar-refractivity contribution is -0.125. The minimum Gasteiger partial charge on any atom is -0.353 e. The van der Waals surface area contributed by atoms with Gasteiger partial charge in [-0.3, -0.25) is 4.79 Å². The Hall–Kier alpha value is -0.570. The Morgan fingerprint density at radius 3 is 2.50 bits per heavy atom. The molecule has 0 aromatic carbocycles. The number of amides is 1. The third kappa shape index (κ3) is 2.98. The Morgan fingerprint density at radius 1 is 1.43 bits per heavy atom. The highest BCUT2D eigenvalue weighted by atomic mass is 16.1. The van der Waals surface area contributed by atoms with Gasteiger partial charge in [0.2, 0.25) is 5.91 Å². The molecule has 3 heteroatoms. The summed E-state index contributed by atoms with van der Waals surface area (Å²) in [4.78, 5) is 11.6. The number of nitrogens with one attached hydrogen (secondary N) is 1. The maximum Gasteiger partial charge on any atom is 0.224 e. The maximum absolute atomic E-state index is 11.6. The SMILES string of the molecule is CC(CN)C(=O)NC(C)C1CCCC1. The highest BCUT2D eigenvalue weighted by Gasteiger charge is 2.23. The topological polar surface area (TPSA) is 55.1 Å². The molecule has 0 aliphatic heterocycles. The van der Waals surface area contributed by atoms with E-state index in [9.17, 15) is 4.79 Å². The lowest BCUT2D eigenvalue weighted by Crippen LogP contribution is -2.41. The normalized spacial score (nSPS) is 21.9. The van der Waals surface area contributed by atoms with Gasteiger partial charge >= 0.3 is 0 Å². The smallest absolute Gasteiger partial charge is 0.224 e. The molecular weight excluding hydrogens is 176 g/mol. The summed E-state index contributed by atoms with van der Waals surface area (Å²) in [6.07, 6.45) is 5.16. The third-order valence-electron chi connectivity index (χ3n) is 3.28. The fourth-order valence-electron chi connectivity index (χ4n) is 2.05. The summed E-state index contributed by atoms with van der Waals surface area (Å²) in [7, 11) is 0. The Balaban J connectivity index is 2.31. The van der Waals surface area contributed by atoms with Gasteiger partial charge in [-0.15, -0.1) is 0 Å². The molecule has 1 aliphatic carbocycles. The summed E-state index contributed by atoms with van der Waals surface area (Å²) in [5.41, 5.74) is 5.44. The first-order valence-corrected chi connectivity index (χ1v) is 5.65. The van der Waals surface area contributed by atoms with Gasteiger partial charge < -0.3 is 11.1 Å². The van der Waals surface area contributed by atoms with Crippen molar-refractivity contribution in [3.05, 3.63) is 0 Å². The van der Waals surface area contributed by atoms with E-state index in [1.54, 1.807) is 0 Å². The number of rotatable bonds is 4. The third-order valence-corrected chi connectivity index (χ3v) is 3.28. The monoisotopic (exact) mass is 198 g/mol. The van der Waals surface area contributed by atoms with Crippen molar-refractivity contribution in [2.24, 2.45) is 17.6 Å². The number of hydrogen-bond acceptors (Lipinski definition) is 2. The van der Waals surface area contributed by atoms with Crippen LogP contribution in [0.25, 0.3) is 0 Å². The molecule has 0 aromatic heterocycles. The first-order valence-electron chi connectivity index (χ1n) is 5.65. The van der Waals surface area contributed by atoms with Crippen LogP contribution < -0.4 is 11.1 Å². The van der Waals surface area contributed by atoms with E-state index in [-0.39, 0.29) is 11.8 Å². The summed E-state index contributed by atoms with van der Waals surface area (Å²) < 4.78 is 0. The van der Waals surface area contributed by atoms with Gasteiger partial charge in [-0.2, -0.15) is 0 Å². The zero-order valence-corrected chi connectivity index (χ0v) is 9.25. The van der Waals surface area contributed by atoms with Crippen molar-refractivity contribution in [1.82, 2.24) is 5.32 Å². The number of carbonyl (C=O) groups is 1. The predicted molar refractivity (Wildman–Crippen MR) is 57.8 cm³/mol. The molecular formula is C11H22N2O. The van der Waals surface area contributed by atoms with Crippen molar-refractivity contribution < 1.29 is 4.79 Å². The van der Waals surface area contributed by atoms with Crippen LogP contribution in [-0.4, -0.2) is 18.5 Å². The summed E-state index contributed by atoms with van der Waals surface area (Å²) in [5.74, 6) is 0.731. The molecule has 0 spiro atoms. The molecule has 2 atom stereocenters. The first-order chi connectivity index (χ1) is 6.65. The molecule has 1 aliphatic rings. The van der Waals surface area contributed by atoms with Crippen LogP contribution in [0, 0.1) is 11.8 Å². The van der Waals surface area contributed by atoms with E-state index < -0.39 is 0 Å². The quantitative estimate of drug-likeness (QED) is 0.715. The van der Waals surface area contributed by atoms with Crippen molar-refractivity contribution in [3.8, 4) is 0 Å². The van der Waals surface area contributed by atoms with Crippen LogP contribution in [0.1, 0.15) is 39.5 Å². The van der Waals surface area contributed by atoms with Crippen molar-refractivity contribution in [2.45, 2.75) is 45.6 Å². The van der Waals surface area contributed by atoms with Crippen LogP contribution in [0.4, 0.5) is 0 Å². The Kier molecular flexibility index (Phi) is 4.39. The molecule has 0 bridgehead atoms. The van der Waals surface area contributed by atoms with E-state index in [1.165, 1.54) is 25.7 Å². The molecule has 82 valence electrons. The van der Waals surface area contributed by atoms with Crippen LogP contribution >= 0.6 is 0 Å². The van der Waals surface area contributed by atoms with Gasteiger partial charge in [0, 0.05) is 18.5 Å². The molecule has 0 saturated heterocycles. The summed E-state index contributed by atoms with van der Waals surface area (Å²) in [5, 5.41) is 3.05. The second-order valence-electron chi connectivity index (χ2n) is 4.48. The molecule has 1 saturated carbocycles. The Labute approximate surface area is 86.4 Å². The second-order valence-corrected chi connectivity index (χ2v) is 4.48. The van der Waals surface area contributed by atoms with Crippen molar-refractivity contribution in [2.75, 3.05) is 6.54 Å². The lowest BCUT2D eigenvalue weighted by Gasteiger charge is -2.22. The standard InChI is InChI=1S/C11H22N2O/c1-8(7-12)11(14)13-9(2)10-5-3-4-6-10/h8-10H,3-7,12H2,1-2H3,(H,13,14). The van der Waals surface area contributed by atoms with Crippen LogP contribution in [-0.2, 0) is 4.79 Å². The molecule has 3 N–H and O–H groups in total. The average Bonchev–Trinajstić information content (AvgIpc) is 2.69. The van der Waals surface area contributed by atoms with E-state index in [2.05, 4.69) is 12.2 Å². The van der Waals surface area contributed by atoms with Crippen molar-refractivity contribution in [1.29, 1.82) is 0 Å². The van der Waals surface area contributed by atoms with Crippen molar-refractivity contribution in [3.63, 3.8) is 0 Å². The fraction of sp³-hybridized carbons (Fsp3) is 0.909. The van der Waals surface area contributed by atoms with Gasteiger partial charge in [-0.05, 0) is 25.7 Å². The van der Waals surface area contributed by atoms with E-state index in [0.717, 1.165) is 0 Å². The maximum atomic E-state index is 11.6. The fourth-order valence-corrected chi connectivity index (χ4v) is 2.05. The van der Waals surface area contributed by atoms with Gasteiger partial charge in [-0.1, -0.05) is 19.8 Å². The molecule has 14 heavy (non-hydrogen) atoms.